The molecule has 0 bridgehead atoms. The third kappa shape index (κ3) is 4.78. The van der Waals surface area contributed by atoms with Gasteiger partial charge in [0, 0.05) is 11.0 Å². The molecule has 1 N–H and O–H groups in total. The first-order valence-corrected chi connectivity index (χ1v) is 9.89. The molecule has 3 rings (SSSR count). The van der Waals surface area contributed by atoms with Crippen molar-refractivity contribution < 1.29 is 14.3 Å². The second kappa shape index (κ2) is 8.88. The number of nitrogens with zero attached hydrogens (tertiary/aromatic N) is 2. The minimum absolute atomic E-state index is 0.117. The molecule has 1 heterocycles. The molecule has 0 aliphatic carbocycles. The van der Waals surface area contributed by atoms with Crippen LogP contribution in [0.25, 0.3) is 10.6 Å². The van der Waals surface area contributed by atoms with Crippen LogP contribution in [0.1, 0.15) is 6.92 Å². The lowest BCUT2D eigenvalue weighted by molar-refractivity contribution is -0.115. The molecule has 0 fully saturated rings. The van der Waals surface area contributed by atoms with Crippen LogP contribution in [-0.4, -0.2) is 35.6 Å². The highest BCUT2D eigenvalue weighted by atomic mass is 32.2. The van der Waals surface area contributed by atoms with Crippen LogP contribution >= 0.6 is 23.1 Å². The normalized spacial score (nSPS) is 11.7. The molecular weight excluding hydrogens is 382 g/mol. The van der Waals surface area contributed by atoms with E-state index in [2.05, 4.69) is 15.5 Å². The van der Waals surface area contributed by atoms with Crippen molar-refractivity contribution in [2.75, 3.05) is 19.5 Å². The number of carbonyl (C=O) groups is 1. The number of anilines is 1. The highest BCUT2D eigenvalue weighted by Crippen LogP contribution is 2.36. The molecule has 0 radical (unpaired) electrons. The highest BCUT2D eigenvalue weighted by molar-refractivity contribution is 8.00. The number of hydrogen-bond acceptors (Lipinski definition) is 7. The Kier molecular flexibility index (Phi) is 6.31. The smallest absolute Gasteiger partial charge is 0.239 e. The van der Waals surface area contributed by atoms with E-state index in [1.165, 1.54) is 23.1 Å². The van der Waals surface area contributed by atoms with E-state index in [1.807, 2.05) is 49.4 Å². The molecule has 27 heavy (non-hydrogen) atoms. The van der Waals surface area contributed by atoms with Crippen LogP contribution < -0.4 is 14.8 Å². The van der Waals surface area contributed by atoms with Crippen LogP contribution in [-0.2, 0) is 4.79 Å². The molecule has 6 nitrogen and oxygen atoms in total. The summed E-state index contributed by atoms with van der Waals surface area (Å²) in [7, 11) is 3.19. The lowest BCUT2D eigenvalue weighted by atomic mass is 10.2. The van der Waals surface area contributed by atoms with Gasteiger partial charge in [-0.05, 0) is 31.2 Å². The van der Waals surface area contributed by atoms with E-state index < -0.39 is 0 Å². The van der Waals surface area contributed by atoms with Gasteiger partial charge in [0.05, 0.1) is 25.0 Å². The summed E-state index contributed by atoms with van der Waals surface area (Å²) in [4.78, 5) is 13.5. The van der Waals surface area contributed by atoms with Gasteiger partial charge in [-0.2, -0.15) is 0 Å². The number of methoxy groups -OCH3 is 2. The largest absolute Gasteiger partial charge is 0.497 e. The van der Waals surface area contributed by atoms with E-state index in [0.717, 1.165) is 10.5 Å². The van der Waals surface area contributed by atoms with Crippen molar-refractivity contribution in [2.24, 2.45) is 0 Å². The molecule has 0 saturated carbocycles. The average Bonchev–Trinajstić information content (AvgIpc) is 3.16. The van der Waals surface area contributed by atoms with E-state index in [0.29, 0.717) is 21.6 Å². The van der Waals surface area contributed by atoms with Gasteiger partial charge >= 0.3 is 0 Å². The van der Waals surface area contributed by atoms with E-state index in [4.69, 9.17) is 9.47 Å². The van der Waals surface area contributed by atoms with Gasteiger partial charge < -0.3 is 9.47 Å². The molecule has 2 aromatic carbocycles. The molecule has 0 aliphatic rings. The molecule has 140 valence electrons. The fourth-order valence-electron chi connectivity index (χ4n) is 2.32. The number of carbonyl (C=O) groups excluding carboxylic acids is 1. The zero-order valence-corrected chi connectivity index (χ0v) is 16.8. The maximum atomic E-state index is 12.4. The zero-order valence-electron chi connectivity index (χ0n) is 15.1. The van der Waals surface area contributed by atoms with Crippen molar-refractivity contribution >= 4 is 34.1 Å². The Morgan fingerprint density at radius 3 is 2.59 bits per heavy atom. The Bertz CT molecular complexity index is 916. The number of ether oxygens (including phenoxy) is 2. The number of aromatic nitrogens is 2. The lowest BCUT2D eigenvalue weighted by Gasteiger charge is -2.10. The molecule has 8 heteroatoms. The molecule has 3 aromatic rings. The van der Waals surface area contributed by atoms with Crippen molar-refractivity contribution in [3.63, 3.8) is 0 Å². The number of rotatable bonds is 7. The van der Waals surface area contributed by atoms with Gasteiger partial charge in [0.15, 0.2) is 5.01 Å². The molecule has 0 spiro atoms. The summed E-state index contributed by atoms with van der Waals surface area (Å²) < 4.78 is 10.6. The number of benzene rings is 2. The van der Waals surface area contributed by atoms with Gasteiger partial charge in [0.25, 0.3) is 0 Å². The standard InChI is InChI=1S/C19H19N3O3S2/c1-12(26-14-7-5-4-6-8-14)17(23)20-19-22-21-18(27-19)15-10-9-13(24-2)11-16(15)25-3/h4-12H,1-3H3,(H,20,22,23). The number of nitrogens with one attached hydrogen (secondary N) is 1. The predicted molar refractivity (Wildman–Crippen MR) is 109 cm³/mol. The number of amides is 1. The highest BCUT2D eigenvalue weighted by Gasteiger charge is 2.18. The Morgan fingerprint density at radius 2 is 1.89 bits per heavy atom. The third-order valence-corrected chi connectivity index (χ3v) is 5.70. The molecule has 0 saturated heterocycles. The van der Waals surface area contributed by atoms with E-state index in [1.54, 1.807) is 20.3 Å². The van der Waals surface area contributed by atoms with Crippen LogP contribution in [0.5, 0.6) is 11.5 Å². The van der Waals surface area contributed by atoms with Crippen molar-refractivity contribution in [3.8, 4) is 22.1 Å². The van der Waals surface area contributed by atoms with Crippen molar-refractivity contribution in [3.05, 3.63) is 48.5 Å². The Hall–Kier alpha value is -2.58. The molecule has 1 aromatic heterocycles. The summed E-state index contributed by atoms with van der Waals surface area (Å²) >= 11 is 2.79. The molecule has 1 atom stereocenters. The molecule has 1 amide bonds. The molecule has 0 aliphatic heterocycles. The van der Waals surface area contributed by atoms with Gasteiger partial charge in [-0.25, -0.2) is 0 Å². The van der Waals surface area contributed by atoms with E-state index in [9.17, 15) is 4.79 Å². The van der Waals surface area contributed by atoms with Crippen molar-refractivity contribution in [1.29, 1.82) is 0 Å². The maximum absolute atomic E-state index is 12.4. The van der Waals surface area contributed by atoms with Crippen LogP contribution in [0, 0.1) is 0 Å². The fraction of sp³-hybridized carbons (Fsp3) is 0.211. The maximum Gasteiger partial charge on any atom is 0.239 e. The first kappa shape index (κ1) is 19.2. The lowest BCUT2D eigenvalue weighted by Crippen LogP contribution is -2.22. The van der Waals surface area contributed by atoms with Crippen molar-refractivity contribution in [2.45, 2.75) is 17.1 Å². The van der Waals surface area contributed by atoms with Gasteiger partial charge in [0.2, 0.25) is 11.0 Å². The minimum Gasteiger partial charge on any atom is -0.497 e. The summed E-state index contributed by atoms with van der Waals surface area (Å²) in [6, 6.07) is 15.3. The monoisotopic (exact) mass is 401 g/mol. The summed E-state index contributed by atoms with van der Waals surface area (Å²) in [5, 5.41) is 11.9. The predicted octanol–water partition coefficient (Wildman–Crippen LogP) is 4.34. The summed E-state index contributed by atoms with van der Waals surface area (Å²) in [5.41, 5.74) is 0.794. The first-order chi connectivity index (χ1) is 13.1. The SMILES string of the molecule is COc1ccc(-c2nnc(NC(=O)C(C)Sc3ccccc3)s2)c(OC)c1. The van der Waals surface area contributed by atoms with Crippen LogP contribution in [0.3, 0.4) is 0 Å². The summed E-state index contributed by atoms with van der Waals surface area (Å²) in [6.45, 7) is 1.86. The zero-order chi connectivity index (χ0) is 19.2. The average molecular weight is 402 g/mol. The molecular formula is C19H19N3O3S2. The Balaban J connectivity index is 1.70. The van der Waals surface area contributed by atoms with Gasteiger partial charge in [0.1, 0.15) is 11.5 Å². The third-order valence-electron chi connectivity index (χ3n) is 3.72. The second-order valence-electron chi connectivity index (χ2n) is 5.54. The van der Waals surface area contributed by atoms with Gasteiger partial charge in [-0.3, -0.25) is 10.1 Å². The quantitative estimate of drug-likeness (QED) is 0.594. The van der Waals surface area contributed by atoms with Gasteiger partial charge in [-0.15, -0.1) is 22.0 Å². The fourth-order valence-corrected chi connectivity index (χ4v) is 3.99. The van der Waals surface area contributed by atoms with E-state index >= 15 is 0 Å². The molecule has 1 unspecified atom stereocenters. The second-order valence-corrected chi connectivity index (χ2v) is 7.93. The van der Waals surface area contributed by atoms with Crippen LogP contribution in [0.15, 0.2) is 53.4 Å². The van der Waals surface area contributed by atoms with Crippen LogP contribution in [0.2, 0.25) is 0 Å². The Morgan fingerprint density at radius 1 is 1.11 bits per heavy atom. The van der Waals surface area contributed by atoms with Crippen LogP contribution in [0.4, 0.5) is 5.13 Å². The van der Waals surface area contributed by atoms with Gasteiger partial charge in [-0.1, -0.05) is 29.5 Å². The van der Waals surface area contributed by atoms with Crippen molar-refractivity contribution in [1.82, 2.24) is 10.2 Å². The van der Waals surface area contributed by atoms with E-state index in [-0.39, 0.29) is 11.2 Å². The first-order valence-electron chi connectivity index (χ1n) is 8.19. The minimum atomic E-state index is -0.254. The number of thioether (sulfide) groups is 1. The summed E-state index contributed by atoms with van der Waals surface area (Å²) in [6.07, 6.45) is 0. The topological polar surface area (TPSA) is 73.3 Å². The number of hydrogen-bond donors (Lipinski definition) is 1. The Labute approximate surface area is 165 Å². The summed E-state index contributed by atoms with van der Waals surface area (Å²) in [5.74, 6) is 1.21.